The van der Waals surface area contributed by atoms with Crippen LogP contribution >= 0.6 is 0 Å². The molecule has 1 fully saturated rings. The number of aryl methyl sites for hydroxylation is 1. The Hall–Kier alpha value is -5.22. The van der Waals surface area contributed by atoms with E-state index in [-0.39, 0.29) is 18.2 Å². The number of piperazine rings is 1. The highest BCUT2D eigenvalue weighted by Gasteiger charge is 2.37. The normalized spacial score (nSPS) is 15.7. The van der Waals surface area contributed by atoms with Gasteiger partial charge in [-0.25, -0.2) is 9.78 Å². The maximum absolute atomic E-state index is 14.5. The number of amides is 1. The van der Waals surface area contributed by atoms with Crippen LogP contribution in [0.15, 0.2) is 91.3 Å². The van der Waals surface area contributed by atoms with Crippen molar-refractivity contribution >= 4 is 28.5 Å². The van der Waals surface area contributed by atoms with Crippen molar-refractivity contribution in [2.24, 2.45) is 5.41 Å². The summed E-state index contributed by atoms with van der Waals surface area (Å²) >= 11 is 0. The quantitative estimate of drug-likeness (QED) is 0.177. The second-order valence-corrected chi connectivity index (χ2v) is 13.5. The van der Waals surface area contributed by atoms with Gasteiger partial charge < -0.3 is 24.4 Å². The van der Waals surface area contributed by atoms with E-state index in [2.05, 4.69) is 16.0 Å². The number of carbonyl (C=O) groups excluding carboxylic acids is 1. The molecule has 1 aliphatic heterocycles. The SMILES string of the molecule is CCOc1cccc(-n2cc(C(=O)N3CCN(c4cnc5ccccc5c4)C[C@H]3COC(C(=O)O)C(C)(C)C)nc2-c2ccc(C)cc2)c1. The largest absolute Gasteiger partial charge is 0.494 e. The second-order valence-electron chi connectivity index (χ2n) is 13.5. The number of hydrogen-bond acceptors (Lipinski definition) is 7. The number of hydrogen-bond donors (Lipinski definition) is 1. The minimum atomic E-state index is -1.05. The summed E-state index contributed by atoms with van der Waals surface area (Å²) in [5.41, 5.74) is 4.28. The molecule has 5 aromatic rings. The number of carbonyl (C=O) groups is 2. The monoisotopic (exact) mass is 661 g/mol. The molecule has 1 unspecified atom stereocenters. The van der Waals surface area contributed by atoms with Gasteiger partial charge >= 0.3 is 5.97 Å². The molecule has 0 saturated carbocycles. The molecular weight excluding hydrogens is 618 g/mol. The predicted octanol–water partition coefficient (Wildman–Crippen LogP) is 6.64. The molecule has 2 atom stereocenters. The first kappa shape index (κ1) is 33.7. The average Bonchev–Trinajstić information content (AvgIpc) is 3.53. The van der Waals surface area contributed by atoms with Crippen LogP contribution in [-0.4, -0.2) is 81.4 Å². The van der Waals surface area contributed by atoms with Crippen LogP contribution in [0.1, 0.15) is 43.7 Å². The Kier molecular flexibility index (Phi) is 9.69. The van der Waals surface area contributed by atoms with Gasteiger partial charge in [-0.15, -0.1) is 0 Å². The molecule has 0 spiro atoms. The van der Waals surface area contributed by atoms with Crippen LogP contribution < -0.4 is 9.64 Å². The minimum Gasteiger partial charge on any atom is -0.494 e. The highest BCUT2D eigenvalue weighted by Crippen LogP contribution is 2.29. The molecule has 0 radical (unpaired) electrons. The molecule has 1 amide bonds. The lowest BCUT2D eigenvalue weighted by Gasteiger charge is -2.42. The maximum atomic E-state index is 14.5. The molecule has 0 aliphatic carbocycles. The first-order valence-corrected chi connectivity index (χ1v) is 16.7. The van der Waals surface area contributed by atoms with E-state index >= 15 is 0 Å². The predicted molar refractivity (Wildman–Crippen MR) is 191 cm³/mol. The van der Waals surface area contributed by atoms with Gasteiger partial charge in [0.1, 0.15) is 17.3 Å². The maximum Gasteiger partial charge on any atom is 0.333 e. The number of nitrogens with zero attached hydrogens (tertiary/aromatic N) is 5. The fourth-order valence-corrected chi connectivity index (χ4v) is 6.25. The van der Waals surface area contributed by atoms with E-state index < -0.39 is 23.5 Å². The van der Waals surface area contributed by atoms with Gasteiger partial charge in [0.05, 0.1) is 42.3 Å². The fourth-order valence-electron chi connectivity index (χ4n) is 6.25. The third kappa shape index (κ3) is 7.44. The molecule has 1 saturated heterocycles. The Labute approximate surface area is 286 Å². The van der Waals surface area contributed by atoms with Gasteiger partial charge in [0.15, 0.2) is 6.10 Å². The highest BCUT2D eigenvalue weighted by molar-refractivity contribution is 5.93. The number of para-hydroxylation sites is 1. The van der Waals surface area contributed by atoms with Gasteiger partial charge in [-0.1, -0.05) is 74.9 Å². The van der Waals surface area contributed by atoms with Crippen LogP contribution in [0.25, 0.3) is 28.0 Å². The number of rotatable bonds is 10. The van der Waals surface area contributed by atoms with Crippen molar-refractivity contribution in [1.82, 2.24) is 19.4 Å². The Morgan fingerprint density at radius 2 is 1.76 bits per heavy atom. The Morgan fingerprint density at radius 3 is 2.49 bits per heavy atom. The summed E-state index contributed by atoms with van der Waals surface area (Å²) in [5.74, 6) is 0.0669. The van der Waals surface area contributed by atoms with Crippen LogP contribution in [-0.2, 0) is 9.53 Å². The summed E-state index contributed by atoms with van der Waals surface area (Å²) < 4.78 is 13.8. The van der Waals surface area contributed by atoms with Crippen molar-refractivity contribution in [3.8, 4) is 22.8 Å². The summed E-state index contributed by atoms with van der Waals surface area (Å²) in [6.07, 6.45) is 2.57. The molecule has 254 valence electrons. The van der Waals surface area contributed by atoms with Crippen LogP contribution in [0, 0.1) is 12.3 Å². The van der Waals surface area contributed by atoms with Gasteiger partial charge in [-0.2, -0.15) is 0 Å². The smallest absolute Gasteiger partial charge is 0.333 e. The van der Waals surface area contributed by atoms with E-state index in [1.54, 1.807) is 11.1 Å². The number of fused-ring (bicyclic) bond motifs is 1. The van der Waals surface area contributed by atoms with Crippen molar-refractivity contribution in [2.45, 2.75) is 46.8 Å². The summed E-state index contributed by atoms with van der Waals surface area (Å²) in [6.45, 7) is 11.4. The van der Waals surface area contributed by atoms with E-state index in [0.29, 0.717) is 32.1 Å². The fraction of sp³-hybridized carbons (Fsp3) is 0.333. The number of aliphatic carboxylic acids is 1. The van der Waals surface area contributed by atoms with Crippen LogP contribution in [0.5, 0.6) is 5.75 Å². The third-order valence-corrected chi connectivity index (χ3v) is 8.79. The summed E-state index contributed by atoms with van der Waals surface area (Å²) in [7, 11) is 0. The van der Waals surface area contributed by atoms with Gasteiger partial charge in [0.2, 0.25) is 0 Å². The number of pyridine rings is 1. The lowest BCUT2D eigenvalue weighted by Crippen LogP contribution is -2.58. The summed E-state index contributed by atoms with van der Waals surface area (Å²) in [6, 6.07) is 25.3. The molecule has 49 heavy (non-hydrogen) atoms. The van der Waals surface area contributed by atoms with Crippen LogP contribution in [0.2, 0.25) is 0 Å². The van der Waals surface area contributed by atoms with E-state index in [1.165, 1.54) is 0 Å². The van der Waals surface area contributed by atoms with Crippen LogP contribution in [0.4, 0.5) is 5.69 Å². The number of imidazole rings is 1. The second kappa shape index (κ2) is 14.1. The van der Waals surface area contributed by atoms with Crippen molar-refractivity contribution < 1.29 is 24.2 Å². The van der Waals surface area contributed by atoms with E-state index in [9.17, 15) is 14.7 Å². The average molecular weight is 662 g/mol. The van der Waals surface area contributed by atoms with Crippen molar-refractivity contribution in [1.29, 1.82) is 0 Å². The van der Waals surface area contributed by atoms with E-state index in [1.807, 2.05) is 118 Å². The topological polar surface area (TPSA) is 110 Å². The number of ether oxygens (including phenoxy) is 2. The summed E-state index contributed by atoms with van der Waals surface area (Å²) in [4.78, 5) is 40.2. The highest BCUT2D eigenvalue weighted by atomic mass is 16.5. The zero-order valence-electron chi connectivity index (χ0n) is 28.7. The number of aromatic nitrogens is 3. The molecular formula is C39H43N5O5. The lowest BCUT2D eigenvalue weighted by atomic mass is 9.89. The molecule has 0 bridgehead atoms. The van der Waals surface area contributed by atoms with E-state index in [0.717, 1.165) is 39.2 Å². The van der Waals surface area contributed by atoms with Gasteiger partial charge in [0.25, 0.3) is 5.91 Å². The molecule has 3 heterocycles. The molecule has 1 aliphatic rings. The van der Waals surface area contributed by atoms with E-state index in [4.69, 9.17) is 14.5 Å². The first-order chi connectivity index (χ1) is 23.5. The van der Waals surface area contributed by atoms with Crippen molar-refractivity contribution in [3.05, 3.63) is 103 Å². The van der Waals surface area contributed by atoms with Crippen LogP contribution in [0.3, 0.4) is 0 Å². The van der Waals surface area contributed by atoms with Gasteiger partial charge in [-0.3, -0.25) is 14.3 Å². The zero-order valence-corrected chi connectivity index (χ0v) is 28.7. The Balaban J connectivity index is 1.35. The molecule has 6 rings (SSSR count). The number of carboxylic acid groups (broad SMARTS) is 1. The Bertz CT molecular complexity index is 1950. The zero-order chi connectivity index (χ0) is 34.7. The van der Waals surface area contributed by atoms with Gasteiger partial charge in [0, 0.05) is 42.8 Å². The van der Waals surface area contributed by atoms with Crippen molar-refractivity contribution in [3.63, 3.8) is 0 Å². The van der Waals surface area contributed by atoms with Gasteiger partial charge in [-0.05, 0) is 43.5 Å². The minimum absolute atomic E-state index is 0.0411. The molecule has 3 aromatic carbocycles. The standard InChI is InChI=1S/C39H43N5O5/c1-6-48-32-12-9-11-29(21-32)44-24-34(41-36(44)27-16-14-26(2)15-17-27)37(45)43-19-18-42(30-20-28-10-7-8-13-33(28)40-22-30)23-31(43)25-49-35(38(46)47)39(3,4)5/h7-17,20-22,24,31,35H,6,18-19,23,25H2,1-5H3,(H,46,47)/t31-,35?/m0/s1. The summed E-state index contributed by atoms with van der Waals surface area (Å²) in [5, 5.41) is 11.0. The molecule has 2 aromatic heterocycles. The number of anilines is 1. The lowest BCUT2D eigenvalue weighted by molar-refractivity contribution is -0.159. The number of carboxylic acids is 1. The molecule has 1 N–H and O–H groups in total. The molecule has 10 heteroatoms. The van der Waals surface area contributed by atoms with Crippen molar-refractivity contribution in [2.75, 3.05) is 37.7 Å². The number of benzene rings is 3. The Morgan fingerprint density at radius 1 is 0.980 bits per heavy atom. The first-order valence-electron chi connectivity index (χ1n) is 16.7. The molecule has 10 nitrogen and oxygen atoms in total. The third-order valence-electron chi connectivity index (χ3n) is 8.79.